The molecular weight excluding hydrogens is 392 g/mol. The summed E-state index contributed by atoms with van der Waals surface area (Å²) in [7, 11) is -3.56. The number of carbonyl (C=O) groups is 2. The van der Waals surface area contributed by atoms with Crippen LogP contribution in [0.15, 0.2) is 42.9 Å². The Kier molecular flexibility index (Phi) is 7.18. The number of hydrogen-bond acceptors (Lipinski definition) is 5. The third-order valence-electron chi connectivity index (χ3n) is 4.69. The number of amides is 2. The monoisotopic (exact) mass is 420 g/mol. The van der Waals surface area contributed by atoms with Gasteiger partial charge in [0.05, 0.1) is 22.7 Å². The highest BCUT2D eigenvalue weighted by molar-refractivity contribution is 7.92. The molecule has 0 aliphatic rings. The molecule has 0 radical (unpaired) electrons. The van der Waals surface area contributed by atoms with E-state index in [-0.39, 0.29) is 18.6 Å². The number of rotatable bonds is 9. The molecule has 158 valence electrons. The number of nitrogens with zero attached hydrogens (tertiary/aromatic N) is 1. The van der Waals surface area contributed by atoms with E-state index in [1.807, 2.05) is 30.3 Å². The van der Waals surface area contributed by atoms with Gasteiger partial charge >= 0.3 is 0 Å². The van der Waals surface area contributed by atoms with E-state index in [1.54, 1.807) is 20.8 Å². The van der Waals surface area contributed by atoms with E-state index in [0.717, 1.165) is 5.56 Å². The van der Waals surface area contributed by atoms with Crippen molar-refractivity contribution >= 4 is 21.7 Å². The maximum Gasteiger partial charge on any atom is 0.240 e. The van der Waals surface area contributed by atoms with Gasteiger partial charge in [-0.15, -0.1) is 0 Å². The van der Waals surface area contributed by atoms with Crippen molar-refractivity contribution in [3.8, 4) is 0 Å². The first kappa shape index (κ1) is 22.6. The first-order chi connectivity index (χ1) is 13.5. The first-order valence-corrected chi connectivity index (χ1v) is 11.0. The second-order valence-corrected chi connectivity index (χ2v) is 10.8. The number of hydrogen-bond donors (Lipinski definition) is 3. The molecule has 1 aromatic heterocycles. The summed E-state index contributed by atoms with van der Waals surface area (Å²) in [6.45, 7) is 4.80. The molecule has 0 bridgehead atoms. The molecule has 8 nitrogen and oxygen atoms in total. The molecule has 2 rings (SSSR count). The number of benzene rings is 1. The van der Waals surface area contributed by atoms with Gasteiger partial charge < -0.3 is 16.0 Å². The Bertz CT molecular complexity index is 919. The van der Waals surface area contributed by atoms with Crippen molar-refractivity contribution in [3.63, 3.8) is 0 Å². The standard InChI is InChI=1S/C20H28N4O4S/c1-20(2,3)29(27,28)12-15(9-14-7-5-4-6-8-14)19(26)24-17(18(21)25)10-16-11-22-13-23-16/h4-8,11,13,15,17H,9-10,12H2,1-3H3,(H2,21,25)(H,22,23)(H,24,26). The van der Waals surface area contributed by atoms with E-state index in [2.05, 4.69) is 15.3 Å². The van der Waals surface area contributed by atoms with Crippen LogP contribution < -0.4 is 11.1 Å². The van der Waals surface area contributed by atoms with Crippen LogP contribution in [0.5, 0.6) is 0 Å². The molecule has 4 N–H and O–H groups in total. The zero-order valence-corrected chi connectivity index (χ0v) is 17.7. The molecule has 0 aliphatic carbocycles. The zero-order valence-electron chi connectivity index (χ0n) is 16.9. The first-order valence-electron chi connectivity index (χ1n) is 9.33. The van der Waals surface area contributed by atoms with Gasteiger partial charge in [-0.3, -0.25) is 9.59 Å². The number of H-pyrrole nitrogens is 1. The van der Waals surface area contributed by atoms with Gasteiger partial charge in [-0.2, -0.15) is 0 Å². The van der Waals surface area contributed by atoms with Crippen molar-refractivity contribution in [1.82, 2.24) is 15.3 Å². The highest BCUT2D eigenvalue weighted by Crippen LogP contribution is 2.21. The lowest BCUT2D eigenvalue weighted by Crippen LogP contribution is -2.50. The Hall–Kier alpha value is -2.68. The summed E-state index contributed by atoms with van der Waals surface area (Å²) in [6, 6.07) is 8.19. The molecule has 2 aromatic rings. The van der Waals surface area contributed by atoms with Crippen LogP contribution in [0.25, 0.3) is 0 Å². The van der Waals surface area contributed by atoms with Crippen LogP contribution in [0.2, 0.25) is 0 Å². The summed E-state index contributed by atoms with van der Waals surface area (Å²) < 4.78 is 24.5. The van der Waals surface area contributed by atoms with E-state index in [9.17, 15) is 18.0 Å². The van der Waals surface area contributed by atoms with Crippen molar-refractivity contribution in [2.75, 3.05) is 5.75 Å². The van der Waals surface area contributed by atoms with E-state index in [1.165, 1.54) is 12.5 Å². The minimum absolute atomic E-state index is 0.144. The topological polar surface area (TPSA) is 135 Å². The number of aromatic nitrogens is 2. The van der Waals surface area contributed by atoms with Crippen molar-refractivity contribution < 1.29 is 18.0 Å². The molecule has 0 fully saturated rings. The van der Waals surface area contributed by atoms with Crippen LogP contribution >= 0.6 is 0 Å². The van der Waals surface area contributed by atoms with Gasteiger partial charge in [0.25, 0.3) is 0 Å². The second kappa shape index (κ2) is 9.21. The van der Waals surface area contributed by atoms with Crippen LogP contribution in [0.4, 0.5) is 0 Å². The van der Waals surface area contributed by atoms with E-state index >= 15 is 0 Å². The minimum atomic E-state index is -3.56. The van der Waals surface area contributed by atoms with Crippen LogP contribution in [0.1, 0.15) is 32.0 Å². The Morgan fingerprint density at radius 2 is 1.83 bits per heavy atom. The zero-order chi connectivity index (χ0) is 21.7. The van der Waals surface area contributed by atoms with Crippen LogP contribution in [-0.4, -0.2) is 46.7 Å². The molecular formula is C20H28N4O4S. The Balaban J connectivity index is 2.23. The molecule has 0 spiro atoms. The molecule has 1 heterocycles. The molecule has 2 amide bonds. The summed E-state index contributed by atoms with van der Waals surface area (Å²) in [4.78, 5) is 31.6. The lowest BCUT2D eigenvalue weighted by Gasteiger charge is -2.25. The van der Waals surface area contributed by atoms with Crippen LogP contribution in [0.3, 0.4) is 0 Å². The van der Waals surface area contributed by atoms with Gasteiger partial charge in [0.2, 0.25) is 11.8 Å². The van der Waals surface area contributed by atoms with Crippen molar-refractivity contribution in [2.24, 2.45) is 11.7 Å². The summed E-state index contributed by atoms with van der Waals surface area (Å²) in [6.07, 6.45) is 3.37. The third kappa shape index (κ3) is 6.42. The molecule has 9 heteroatoms. The fourth-order valence-electron chi connectivity index (χ4n) is 2.77. The SMILES string of the molecule is CC(C)(C)S(=O)(=O)CC(Cc1ccccc1)C(=O)NC(Cc1cnc[nH]1)C(N)=O. The molecule has 2 unspecified atom stereocenters. The Labute approximate surface area is 171 Å². The average Bonchev–Trinajstić information content (AvgIpc) is 3.13. The Morgan fingerprint density at radius 3 is 2.34 bits per heavy atom. The predicted molar refractivity (Wildman–Crippen MR) is 111 cm³/mol. The van der Waals surface area contributed by atoms with E-state index in [4.69, 9.17) is 5.73 Å². The highest BCUT2D eigenvalue weighted by atomic mass is 32.2. The smallest absolute Gasteiger partial charge is 0.240 e. The quantitative estimate of drug-likeness (QED) is 0.556. The summed E-state index contributed by atoms with van der Waals surface area (Å²) >= 11 is 0. The Morgan fingerprint density at radius 1 is 1.17 bits per heavy atom. The third-order valence-corrected chi connectivity index (χ3v) is 7.40. The fraction of sp³-hybridized carbons (Fsp3) is 0.450. The van der Waals surface area contributed by atoms with Gasteiger partial charge in [0.1, 0.15) is 6.04 Å². The van der Waals surface area contributed by atoms with Gasteiger partial charge in [-0.25, -0.2) is 13.4 Å². The summed E-state index contributed by atoms with van der Waals surface area (Å²) in [5, 5.41) is 2.62. The van der Waals surface area contributed by atoms with E-state index in [0.29, 0.717) is 5.69 Å². The van der Waals surface area contributed by atoms with Crippen molar-refractivity contribution in [2.45, 2.75) is 44.4 Å². The second-order valence-electron chi connectivity index (χ2n) is 8.02. The molecule has 2 atom stereocenters. The summed E-state index contributed by atoms with van der Waals surface area (Å²) in [5.41, 5.74) is 6.91. The van der Waals surface area contributed by atoms with Gasteiger partial charge in [-0.1, -0.05) is 30.3 Å². The number of imidazole rings is 1. The molecule has 0 saturated heterocycles. The maximum atomic E-state index is 13.0. The minimum Gasteiger partial charge on any atom is -0.368 e. The number of sulfone groups is 1. The number of nitrogens with two attached hydrogens (primary N) is 1. The number of nitrogens with one attached hydrogen (secondary N) is 2. The van der Waals surface area contributed by atoms with Crippen LogP contribution in [0, 0.1) is 5.92 Å². The number of aromatic amines is 1. The lowest BCUT2D eigenvalue weighted by molar-refractivity contribution is -0.129. The predicted octanol–water partition coefficient (Wildman–Crippen LogP) is 0.995. The molecule has 0 aliphatic heterocycles. The summed E-state index contributed by atoms with van der Waals surface area (Å²) in [5.74, 6) is -2.41. The van der Waals surface area contributed by atoms with Crippen LogP contribution in [-0.2, 0) is 32.3 Å². The van der Waals surface area contributed by atoms with Crippen molar-refractivity contribution in [3.05, 3.63) is 54.1 Å². The lowest BCUT2D eigenvalue weighted by atomic mass is 9.99. The normalized spacial score (nSPS) is 14.2. The van der Waals surface area contributed by atoms with Gasteiger partial charge in [-0.05, 0) is 32.8 Å². The van der Waals surface area contributed by atoms with Gasteiger partial charge in [0, 0.05) is 18.3 Å². The largest absolute Gasteiger partial charge is 0.368 e. The van der Waals surface area contributed by atoms with Crippen molar-refractivity contribution in [1.29, 1.82) is 0 Å². The maximum absolute atomic E-state index is 13.0. The van der Waals surface area contributed by atoms with Gasteiger partial charge in [0.15, 0.2) is 9.84 Å². The fourth-order valence-corrected chi connectivity index (χ4v) is 4.07. The molecule has 0 saturated carbocycles. The van der Waals surface area contributed by atoms with E-state index < -0.39 is 38.4 Å². The number of carbonyl (C=O) groups excluding carboxylic acids is 2. The highest BCUT2D eigenvalue weighted by Gasteiger charge is 2.35. The number of primary amides is 1. The molecule has 29 heavy (non-hydrogen) atoms. The molecule has 1 aromatic carbocycles. The average molecular weight is 421 g/mol.